The molecule has 0 radical (unpaired) electrons. The molecule has 4 nitrogen and oxygen atoms in total. The highest BCUT2D eigenvalue weighted by Crippen LogP contribution is 2.46. The third-order valence-electron chi connectivity index (χ3n) is 3.86. The highest BCUT2D eigenvalue weighted by Gasteiger charge is 2.43. The molecule has 1 aliphatic heterocycles. The van der Waals surface area contributed by atoms with Crippen LogP contribution in [0.15, 0.2) is 0 Å². The van der Waals surface area contributed by atoms with Gasteiger partial charge in [-0.2, -0.15) is 0 Å². The van der Waals surface area contributed by atoms with Gasteiger partial charge < -0.3 is 14.4 Å². The maximum atomic E-state index is 11.9. The summed E-state index contributed by atoms with van der Waals surface area (Å²) >= 11 is 0. The van der Waals surface area contributed by atoms with Crippen molar-refractivity contribution in [2.75, 3.05) is 13.1 Å². The Morgan fingerprint density at radius 1 is 1.28 bits per heavy atom. The van der Waals surface area contributed by atoms with Crippen LogP contribution in [0.5, 0.6) is 0 Å². The van der Waals surface area contributed by atoms with Crippen molar-refractivity contribution in [3.05, 3.63) is 0 Å². The molecule has 0 N–H and O–H groups in total. The Labute approximate surface area is 109 Å². The zero-order valence-corrected chi connectivity index (χ0v) is 11.5. The molecular weight excluding hydrogens is 230 g/mol. The van der Waals surface area contributed by atoms with Crippen molar-refractivity contribution in [2.24, 2.45) is 17.8 Å². The molecule has 0 aromatic carbocycles. The van der Waals surface area contributed by atoms with Gasteiger partial charge in [0.25, 0.3) is 0 Å². The van der Waals surface area contributed by atoms with Gasteiger partial charge in [0.05, 0.1) is 0 Å². The van der Waals surface area contributed by atoms with Crippen LogP contribution in [0.1, 0.15) is 40.0 Å². The van der Waals surface area contributed by atoms with E-state index in [1.54, 1.807) is 4.90 Å². The average molecular weight is 253 g/mol. The standard InChI is InChI=1S/C14H23NO3/c1-14(2,3)18-13(17)15-6-4-10(5-7-15)12-8-11(12)9-16/h9-12H,4-8H2,1-3H3/t11-,12+/m0/s1. The van der Waals surface area contributed by atoms with Crippen LogP contribution in [0.25, 0.3) is 0 Å². The van der Waals surface area contributed by atoms with Gasteiger partial charge in [0.15, 0.2) is 0 Å². The lowest BCUT2D eigenvalue weighted by Crippen LogP contribution is -2.42. The van der Waals surface area contributed by atoms with Crippen molar-refractivity contribution >= 4 is 12.4 Å². The highest BCUT2D eigenvalue weighted by molar-refractivity contribution is 5.68. The fraction of sp³-hybridized carbons (Fsp3) is 0.857. The van der Waals surface area contributed by atoms with Gasteiger partial charge >= 0.3 is 6.09 Å². The van der Waals surface area contributed by atoms with Gasteiger partial charge in [0.1, 0.15) is 11.9 Å². The number of ether oxygens (including phenoxy) is 1. The van der Waals surface area contributed by atoms with Gasteiger partial charge in [-0.1, -0.05) is 0 Å². The van der Waals surface area contributed by atoms with E-state index in [1.165, 1.54) is 0 Å². The molecule has 4 heteroatoms. The number of likely N-dealkylation sites (tertiary alicyclic amines) is 1. The van der Waals surface area contributed by atoms with Gasteiger partial charge in [-0.25, -0.2) is 4.79 Å². The Kier molecular flexibility index (Phi) is 3.64. The zero-order valence-electron chi connectivity index (χ0n) is 11.5. The van der Waals surface area contributed by atoms with Crippen molar-refractivity contribution in [1.29, 1.82) is 0 Å². The Balaban J connectivity index is 1.76. The lowest BCUT2D eigenvalue weighted by Gasteiger charge is -2.33. The maximum absolute atomic E-state index is 11.9. The van der Waals surface area contributed by atoms with E-state index in [-0.39, 0.29) is 6.09 Å². The topological polar surface area (TPSA) is 46.6 Å². The monoisotopic (exact) mass is 253 g/mol. The first-order chi connectivity index (χ1) is 8.40. The predicted octanol–water partition coefficient (Wildman–Crippen LogP) is 2.47. The Morgan fingerprint density at radius 2 is 1.89 bits per heavy atom. The summed E-state index contributed by atoms with van der Waals surface area (Å²) in [6.45, 7) is 7.19. The number of piperidine rings is 1. The van der Waals surface area contributed by atoms with Gasteiger partial charge in [0, 0.05) is 19.0 Å². The number of carbonyl (C=O) groups excluding carboxylic acids is 2. The molecule has 0 unspecified atom stereocenters. The molecule has 1 saturated heterocycles. The van der Waals surface area contributed by atoms with E-state index in [1.807, 2.05) is 20.8 Å². The lowest BCUT2D eigenvalue weighted by molar-refractivity contribution is -0.109. The van der Waals surface area contributed by atoms with Crippen LogP contribution in [-0.2, 0) is 9.53 Å². The van der Waals surface area contributed by atoms with E-state index in [4.69, 9.17) is 4.74 Å². The van der Waals surface area contributed by atoms with Crippen molar-refractivity contribution in [1.82, 2.24) is 4.90 Å². The first-order valence-corrected chi connectivity index (χ1v) is 6.84. The first kappa shape index (κ1) is 13.4. The minimum absolute atomic E-state index is 0.205. The summed E-state index contributed by atoms with van der Waals surface area (Å²) in [7, 11) is 0. The van der Waals surface area contributed by atoms with Gasteiger partial charge in [-0.05, 0) is 51.9 Å². The molecule has 1 saturated carbocycles. The molecule has 0 bridgehead atoms. The molecule has 18 heavy (non-hydrogen) atoms. The van der Waals surface area contributed by atoms with E-state index < -0.39 is 5.60 Å². The second-order valence-electron chi connectivity index (χ2n) is 6.50. The zero-order chi connectivity index (χ0) is 13.3. The largest absolute Gasteiger partial charge is 0.444 e. The van der Waals surface area contributed by atoms with Gasteiger partial charge in [-0.15, -0.1) is 0 Å². The second kappa shape index (κ2) is 4.90. The summed E-state index contributed by atoms with van der Waals surface area (Å²) in [4.78, 5) is 24.3. The summed E-state index contributed by atoms with van der Waals surface area (Å²) in [5.74, 6) is 1.50. The van der Waals surface area contributed by atoms with E-state index in [0.717, 1.165) is 38.6 Å². The number of nitrogens with zero attached hydrogens (tertiary/aromatic N) is 1. The van der Waals surface area contributed by atoms with E-state index in [9.17, 15) is 9.59 Å². The van der Waals surface area contributed by atoms with Crippen molar-refractivity contribution in [2.45, 2.75) is 45.6 Å². The number of hydrogen-bond acceptors (Lipinski definition) is 3. The number of amides is 1. The minimum Gasteiger partial charge on any atom is -0.444 e. The van der Waals surface area contributed by atoms with Crippen LogP contribution in [0.2, 0.25) is 0 Å². The van der Waals surface area contributed by atoms with Crippen LogP contribution >= 0.6 is 0 Å². The molecule has 1 heterocycles. The fourth-order valence-electron chi connectivity index (χ4n) is 2.77. The SMILES string of the molecule is CC(C)(C)OC(=O)N1CCC([C@H]2C[C@H]2C=O)CC1. The number of hydrogen-bond donors (Lipinski definition) is 0. The van der Waals surface area contributed by atoms with Crippen LogP contribution < -0.4 is 0 Å². The first-order valence-electron chi connectivity index (χ1n) is 6.84. The smallest absolute Gasteiger partial charge is 0.410 e. The number of rotatable bonds is 2. The van der Waals surface area contributed by atoms with Crippen molar-refractivity contribution in [3.63, 3.8) is 0 Å². The van der Waals surface area contributed by atoms with Crippen LogP contribution in [0.4, 0.5) is 4.79 Å². The predicted molar refractivity (Wildman–Crippen MR) is 68.2 cm³/mol. The lowest BCUT2D eigenvalue weighted by atomic mass is 9.91. The number of carbonyl (C=O) groups is 2. The van der Waals surface area contributed by atoms with E-state index >= 15 is 0 Å². The van der Waals surface area contributed by atoms with Gasteiger partial charge in [0.2, 0.25) is 0 Å². The van der Waals surface area contributed by atoms with Crippen LogP contribution in [-0.4, -0.2) is 36.0 Å². The van der Waals surface area contributed by atoms with Crippen LogP contribution in [0, 0.1) is 17.8 Å². The third-order valence-corrected chi connectivity index (χ3v) is 3.86. The Bertz CT molecular complexity index is 326. The summed E-state index contributed by atoms with van der Waals surface area (Å²) in [6.07, 6.45) is 3.96. The molecule has 102 valence electrons. The molecule has 2 atom stereocenters. The van der Waals surface area contributed by atoms with Crippen LogP contribution in [0.3, 0.4) is 0 Å². The quantitative estimate of drug-likeness (QED) is 0.710. The summed E-state index contributed by atoms with van der Waals surface area (Å²) < 4.78 is 5.36. The highest BCUT2D eigenvalue weighted by atomic mass is 16.6. The summed E-state index contributed by atoms with van der Waals surface area (Å²) in [5, 5.41) is 0. The third kappa shape index (κ3) is 3.24. The molecule has 0 aromatic heterocycles. The molecule has 2 aliphatic rings. The summed E-state index contributed by atoms with van der Waals surface area (Å²) in [5.41, 5.74) is -0.424. The minimum atomic E-state index is -0.424. The van der Waals surface area contributed by atoms with Gasteiger partial charge in [-0.3, -0.25) is 0 Å². The summed E-state index contributed by atoms with van der Waals surface area (Å²) in [6, 6.07) is 0. The van der Waals surface area contributed by atoms with E-state index in [0.29, 0.717) is 17.8 Å². The molecule has 1 aliphatic carbocycles. The Hall–Kier alpha value is -1.06. The fourth-order valence-corrected chi connectivity index (χ4v) is 2.77. The Morgan fingerprint density at radius 3 is 2.33 bits per heavy atom. The second-order valence-corrected chi connectivity index (χ2v) is 6.50. The maximum Gasteiger partial charge on any atom is 0.410 e. The average Bonchev–Trinajstić information content (AvgIpc) is 3.06. The normalized spacial score (nSPS) is 28.9. The molecular formula is C14H23NO3. The number of aldehydes is 1. The van der Waals surface area contributed by atoms with Crippen molar-refractivity contribution in [3.8, 4) is 0 Å². The molecule has 1 amide bonds. The molecule has 2 fully saturated rings. The van der Waals surface area contributed by atoms with E-state index in [2.05, 4.69) is 0 Å². The molecule has 2 rings (SSSR count). The molecule has 0 aromatic rings. The molecule has 0 spiro atoms. The van der Waals surface area contributed by atoms with Crippen molar-refractivity contribution < 1.29 is 14.3 Å².